The van der Waals surface area contributed by atoms with Gasteiger partial charge in [-0.1, -0.05) is 47.5 Å². The summed E-state index contributed by atoms with van der Waals surface area (Å²) < 4.78 is 1.04. The molecule has 0 aliphatic heterocycles. The Labute approximate surface area is 183 Å². The van der Waals surface area contributed by atoms with E-state index in [1.807, 2.05) is 12.1 Å². The van der Waals surface area contributed by atoms with Gasteiger partial charge in [-0.15, -0.1) is 0 Å². The van der Waals surface area contributed by atoms with E-state index in [1.165, 1.54) is 16.7 Å². The van der Waals surface area contributed by atoms with Gasteiger partial charge in [-0.3, -0.25) is 0 Å². The molecule has 0 fully saturated rings. The van der Waals surface area contributed by atoms with Crippen LogP contribution < -0.4 is 24.0 Å². The van der Waals surface area contributed by atoms with Crippen molar-refractivity contribution in [3.05, 3.63) is 64.7 Å². The van der Waals surface area contributed by atoms with E-state index in [1.54, 1.807) is 0 Å². The van der Waals surface area contributed by atoms with Crippen molar-refractivity contribution < 1.29 is 33.6 Å². The van der Waals surface area contributed by atoms with Crippen LogP contribution in [0.5, 0.6) is 5.75 Å². The molecule has 0 saturated heterocycles. The number of halogens is 1. The average Bonchev–Trinajstić information content (AvgIpc) is 2.57. The number of hydrogen-bond acceptors (Lipinski definition) is 1. The summed E-state index contributed by atoms with van der Waals surface area (Å²) >= 11 is 0. The van der Waals surface area contributed by atoms with Crippen LogP contribution in [0.4, 0.5) is 0 Å². The zero-order valence-corrected chi connectivity index (χ0v) is 20.1. The lowest BCUT2D eigenvalue weighted by molar-refractivity contribution is -0.949. The Morgan fingerprint density at radius 1 is 0.889 bits per heavy atom. The predicted octanol–water partition coefficient (Wildman–Crippen LogP) is 2.80. The van der Waals surface area contributed by atoms with Crippen molar-refractivity contribution in [3.8, 4) is 5.75 Å². The first-order valence-electron chi connectivity index (χ1n) is 9.86. The summed E-state index contributed by atoms with van der Waals surface area (Å²) in [5.41, 5.74) is 4.81. The summed E-state index contributed by atoms with van der Waals surface area (Å²) in [4.78, 5) is 0. The Morgan fingerprint density at radius 3 is 2.04 bits per heavy atom. The third-order valence-electron chi connectivity index (χ3n) is 6.26. The molecule has 0 aliphatic rings. The van der Waals surface area contributed by atoms with Crippen molar-refractivity contribution in [3.63, 3.8) is 0 Å². The van der Waals surface area contributed by atoms with Crippen molar-refractivity contribution in [1.82, 2.24) is 0 Å². The van der Waals surface area contributed by atoms with E-state index in [4.69, 9.17) is 0 Å². The lowest BCUT2D eigenvalue weighted by Crippen LogP contribution is -3.00. The van der Waals surface area contributed by atoms with Gasteiger partial charge in [0.15, 0.2) is 0 Å². The van der Waals surface area contributed by atoms with Crippen LogP contribution in [-0.2, 0) is 0 Å². The van der Waals surface area contributed by atoms with Gasteiger partial charge in [0.05, 0.1) is 25.7 Å². The molecule has 0 bridgehead atoms. The average molecular weight is 481 g/mol. The summed E-state index contributed by atoms with van der Waals surface area (Å²) in [5, 5.41) is 10.6. The monoisotopic (exact) mass is 481 g/mol. The molecule has 0 saturated carbocycles. The van der Waals surface area contributed by atoms with Crippen molar-refractivity contribution in [2.45, 2.75) is 66.0 Å². The molecule has 2 rings (SSSR count). The van der Waals surface area contributed by atoms with E-state index in [2.05, 4.69) is 78.9 Å². The second-order valence-corrected chi connectivity index (χ2v) is 8.58. The van der Waals surface area contributed by atoms with Crippen LogP contribution in [0.2, 0.25) is 0 Å². The Balaban J connectivity index is 0.00000364. The number of phenols is 1. The maximum Gasteiger partial charge on any atom is 0.119 e. The molecule has 0 heterocycles. The maximum absolute atomic E-state index is 10.6. The molecular formula is C24H36INO. The first kappa shape index (κ1) is 24.0. The Kier molecular flexibility index (Phi) is 8.81. The van der Waals surface area contributed by atoms with Crippen molar-refractivity contribution in [2.75, 3.05) is 13.6 Å². The minimum Gasteiger partial charge on any atom is -1.00 e. The van der Waals surface area contributed by atoms with E-state index < -0.39 is 0 Å². The second kappa shape index (κ2) is 9.92. The van der Waals surface area contributed by atoms with Crippen LogP contribution >= 0.6 is 0 Å². The van der Waals surface area contributed by atoms with E-state index in [0.717, 1.165) is 23.0 Å². The maximum atomic E-state index is 10.6. The second-order valence-electron chi connectivity index (χ2n) is 8.58. The highest BCUT2D eigenvalue weighted by Gasteiger charge is 2.31. The number of quaternary nitrogens is 1. The minimum absolute atomic E-state index is 0. The molecular weight excluding hydrogens is 445 g/mol. The van der Waals surface area contributed by atoms with Crippen LogP contribution in [0.15, 0.2) is 42.5 Å². The van der Waals surface area contributed by atoms with Gasteiger partial charge in [-0.05, 0) is 53.2 Å². The SMILES string of the molecule is Cc1cccc([C@@H](CC[N+](C)(C(C)C)C(C)C)c2cc(C)ccc2O)c1.[I-]. The van der Waals surface area contributed by atoms with Crippen LogP contribution in [0.1, 0.15) is 62.3 Å². The first-order valence-corrected chi connectivity index (χ1v) is 9.86. The number of benzene rings is 2. The summed E-state index contributed by atoms with van der Waals surface area (Å²) in [7, 11) is 2.36. The molecule has 150 valence electrons. The molecule has 0 unspecified atom stereocenters. The largest absolute Gasteiger partial charge is 1.00 e. The van der Waals surface area contributed by atoms with Gasteiger partial charge in [0.2, 0.25) is 0 Å². The molecule has 2 aromatic rings. The predicted molar refractivity (Wildman–Crippen MR) is 112 cm³/mol. The standard InChI is InChI=1S/C24H35NO.HI/c1-17(2)25(7,18(3)4)14-13-22(21-10-8-9-19(5)15-21)23-16-20(6)11-12-24(23)26;/h8-12,15-18,22H,13-14H2,1-7H3;1H/t22-;/m1./s1. The highest BCUT2D eigenvalue weighted by molar-refractivity contribution is 5.44. The number of hydrogen-bond donors (Lipinski definition) is 1. The van der Waals surface area contributed by atoms with Gasteiger partial charge >= 0.3 is 0 Å². The van der Waals surface area contributed by atoms with Crippen molar-refractivity contribution >= 4 is 0 Å². The molecule has 1 N–H and O–H groups in total. The molecule has 0 amide bonds. The number of nitrogens with zero attached hydrogens (tertiary/aromatic N) is 1. The molecule has 27 heavy (non-hydrogen) atoms. The topological polar surface area (TPSA) is 20.2 Å². The fraction of sp³-hybridized carbons (Fsp3) is 0.500. The summed E-state index contributed by atoms with van der Waals surface area (Å²) in [6.07, 6.45) is 1.02. The molecule has 0 aliphatic carbocycles. The van der Waals surface area contributed by atoms with Crippen LogP contribution in [0.3, 0.4) is 0 Å². The molecule has 0 radical (unpaired) electrons. The van der Waals surface area contributed by atoms with Gasteiger partial charge in [-0.2, -0.15) is 0 Å². The third kappa shape index (κ3) is 5.71. The fourth-order valence-electron chi connectivity index (χ4n) is 3.86. The normalized spacial score (nSPS) is 12.9. The first-order chi connectivity index (χ1) is 12.1. The number of rotatable bonds is 7. The molecule has 2 aromatic carbocycles. The highest BCUT2D eigenvalue weighted by atomic mass is 127. The molecule has 2 nitrogen and oxygen atoms in total. The molecule has 1 atom stereocenters. The van der Waals surface area contributed by atoms with Crippen molar-refractivity contribution in [2.24, 2.45) is 0 Å². The van der Waals surface area contributed by atoms with E-state index in [9.17, 15) is 5.11 Å². The van der Waals surface area contributed by atoms with E-state index >= 15 is 0 Å². The quantitative estimate of drug-likeness (QED) is 0.477. The molecule has 3 heteroatoms. The van der Waals surface area contributed by atoms with E-state index in [-0.39, 0.29) is 29.9 Å². The van der Waals surface area contributed by atoms with Gasteiger partial charge in [0, 0.05) is 17.9 Å². The van der Waals surface area contributed by atoms with Crippen LogP contribution in [-0.4, -0.2) is 35.3 Å². The van der Waals surface area contributed by atoms with Crippen LogP contribution in [0.25, 0.3) is 0 Å². The fourth-order valence-corrected chi connectivity index (χ4v) is 3.86. The molecule has 0 spiro atoms. The van der Waals surface area contributed by atoms with Gasteiger partial charge in [0.25, 0.3) is 0 Å². The molecule has 0 aromatic heterocycles. The Hall–Kier alpha value is -1.07. The summed E-state index contributed by atoms with van der Waals surface area (Å²) in [6.45, 7) is 14.6. The van der Waals surface area contributed by atoms with E-state index in [0.29, 0.717) is 17.8 Å². The Bertz CT molecular complexity index is 731. The van der Waals surface area contributed by atoms with Gasteiger partial charge < -0.3 is 33.6 Å². The number of aromatic hydroxyl groups is 1. The van der Waals surface area contributed by atoms with Gasteiger partial charge in [0.1, 0.15) is 5.75 Å². The smallest absolute Gasteiger partial charge is 0.119 e. The summed E-state index contributed by atoms with van der Waals surface area (Å²) in [6, 6.07) is 15.8. The highest BCUT2D eigenvalue weighted by Crippen LogP contribution is 2.36. The number of phenolic OH excluding ortho intramolecular Hbond substituents is 1. The lowest BCUT2D eigenvalue weighted by Gasteiger charge is -2.43. The number of aryl methyl sites for hydroxylation is 2. The Morgan fingerprint density at radius 2 is 1.48 bits per heavy atom. The van der Waals surface area contributed by atoms with Gasteiger partial charge in [-0.25, -0.2) is 0 Å². The van der Waals surface area contributed by atoms with Crippen molar-refractivity contribution in [1.29, 1.82) is 0 Å². The minimum atomic E-state index is 0. The van der Waals surface area contributed by atoms with Crippen LogP contribution in [0, 0.1) is 13.8 Å². The summed E-state index contributed by atoms with van der Waals surface area (Å²) in [5.74, 6) is 0.621. The zero-order valence-electron chi connectivity index (χ0n) is 18.0. The lowest BCUT2D eigenvalue weighted by atomic mass is 9.86. The zero-order chi connectivity index (χ0) is 19.5. The third-order valence-corrected chi connectivity index (χ3v) is 6.26.